The van der Waals surface area contributed by atoms with Crippen molar-refractivity contribution in [1.29, 1.82) is 0 Å². The van der Waals surface area contributed by atoms with Gasteiger partial charge in [-0.25, -0.2) is 0 Å². The van der Waals surface area contributed by atoms with Crippen LogP contribution in [0.4, 0.5) is 0 Å². The molecule has 25 heavy (non-hydrogen) atoms. The van der Waals surface area contributed by atoms with Crippen molar-refractivity contribution in [2.24, 2.45) is 0 Å². The van der Waals surface area contributed by atoms with Gasteiger partial charge in [-0.2, -0.15) is 0 Å². The molecule has 7 heteroatoms. The first-order chi connectivity index (χ1) is 12.0. The van der Waals surface area contributed by atoms with E-state index in [1.54, 1.807) is 19.2 Å². The summed E-state index contributed by atoms with van der Waals surface area (Å²) in [7, 11) is 1.61. The molecule has 0 saturated heterocycles. The molecule has 0 spiro atoms. The van der Waals surface area contributed by atoms with E-state index in [9.17, 15) is 0 Å². The predicted molar refractivity (Wildman–Crippen MR) is 105 cm³/mol. The minimum Gasteiger partial charge on any atom is -0.493 e. The van der Waals surface area contributed by atoms with Crippen LogP contribution in [0, 0.1) is 0 Å². The number of ether oxygens (including phenoxy) is 2. The number of hydrogen-bond donors (Lipinski definition) is 2. The Labute approximate surface area is 166 Å². The summed E-state index contributed by atoms with van der Waals surface area (Å²) >= 11 is 15.5. The highest BCUT2D eigenvalue weighted by molar-refractivity contribution is 9.10. The number of benzene rings is 2. The standard InChI is InChI=1S/C18H20BrCl2NO3/c1-24-17-8-13(10-22-5-2-6-23)14(19)9-18(17)25-11-12-3-4-15(20)16(21)7-12/h3-4,7-9,22-23H,2,5-6,10-11H2,1H3. The van der Waals surface area contributed by atoms with E-state index in [1.165, 1.54) is 0 Å². The Morgan fingerprint density at radius 1 is 1.12 bits per heavy atom. The first kappa shape index (κ1) is 20.3. The highest BCUT2D eigenvalue weighted by Crippen LogP contribution is 2.34. The van der Waals surface area contributed by atoms with Gasteiger partial charge < -0.3 is 19.9 Å². The van der Waals surface area contributed by atoms with Crippen LogP contribution in [-0.2, 0) is 13.2 Å². The molecule has 0 aromatic heterocycles. The van der Waals surface area contributed by atoms with Crippen LogP contribution in [-0.4, -0.2) is 25.4 Å². The van der Waals surface area contributed by atoms with Gasteiger partial charge in [0.2, 0.25) is 0 Å². The normalized spacial score (nSPS) is 10.8. The molecule has 2 rings (SSSR count). The molecule has 0 atom stereocenters. The second-order valence-electron chi connectivity index (χ2n) is 5.39. The van der Waals surface area contributed by atoms with Gasteiger partial charge in [-0.15, -0.1) is 0 Å². The minimum atomic E-state index is 0.180. The lowest BCUT2D eigenvalue weighted by Gasteiger charge is -2.15. The summed E-state index contributed by atoms with van der Waals surface area (Å²) in [6.07, 6.45) is 0.722. The molecule has 0 bridgehead atoms. The maximum absolute atomic E-state index is 8.82. The van der Waals surface area contributed by atoms with Gasteiger partial charge in [0.15, 0.2) is 11.5 Å². The van der Waals surface area contributed by atoms with Crippen molar-refractivity contribution >= 4 is 39.1 Å². The number of aliphatic hydroxyl groups is 1. The number of methoxy groups -OCH3 is 1. The molecule has 2 aromatic rings. The average Bonchev–Trinajstić information content (AvgIpc) is 2.61. The quantitative estimate of drug-likeness (QED) is 0.540. The first-order valence-corrected chi connectivity index (χ1v) is 9.34. The third-order valence-corrected chi connectivity index (χ3v) is 5.02. The topological polar surface area (TPSA) is 50.7 Å². The minimum absolute atomic E-state index is 0.180. The van der Waals surface area contributed by atoms with Gasteiger partial charge in [0.25, 0.3) is 0 Å². The molecule has 0 heterocycles. The van der Waals surface area contributed by atoms with Gasteiger partial charge in [-0.05, 0) is 48.4 Å². The molecule has 0 saturated carbocycles. The van der Waals surface area contributed by atoms with E-state index in [0.717, 1.165) is 28.6 Å². The summed E-state index contributed by atoms with van der Waals surface area (Å²) in [5.41, 5.74) is 1.97. The van der Waals surface area contributed by atoms with Gasteiger partial charge >= 0.3 is 0 Å². The Kier molecular flexibility index (Phi) is 8.33. The highest BCUT2D eigenvalue weighted by Gasteiger charge is 2.11. The molecule has 4 nitrogen and oxygen atoms in total. The molecule has 0 radical (unpaired) electrons. The molecule has 0 fully saturated rings. The number of hydrogen-bond acceptors (Lipinski definition) is 4. The van der Waals surface area contributed by atoms with E-state index < -0.39 is 0 Å². The second-order valence-corrected chi connectivity index (χ2v) is 7.05. The van der Waals surface area contributed by atoms with Crippen molar-refractivity contribution in [2.45, 2.75) is 19.6 Å². The van der Waals surface area contributed by atoms with Crippen LogP contribution < -0.4 is 14.8 Å². The van der Waals surface area contributed by atoms with Crippen molar-refractivity contribution in [3.05, 3.63) is 56.0 Å². The van der Waals surface area contributed by atoms with E-state index in [-0.39, 0.29) is 6.61 Å². The molecular weight excluding hydrogens is 429 g/mol. The first-order valence-electron chi connectivity index (χ1n) is 7.80. The van der Waals surface area contributed by atoms with Crippen LogP contribution >= 0.6 is 39.1 Å². The van der Waals surface area contributed by atoms with Gasteiger partial charge in [-0.3, -0.25) is 0 Å². The Bertz CT molecular complexity index is 713. The molecule has 0 aliphatic rings. The molecule has 0 amide bonds. The van der Waals surface area contributed by atoms with Crippen molar-refractivity contribution in [2.75, 3.05) is 20.3 Å². The maximum Gasteiger partial charge on any atom is 0.162 e. The third kappa shape index (κ3) is 6.04. The van der Waals surface area contributed by atoms with Crippen LogP contribution in [0.25, 0.3) is 0 Å². The van der Waals surface area contributed by atoms with Crippen LogP contribution in [0.15, 0.2) is 34.8 Å². The zero-order valence-corrected chi connectivity index (χ0v) is 16.9. The largest absolute Gasteiger partial charge is 0.493 e. The van der Waals surface area contributed by atoms with Gasteiger partial charge in [0.1, 0.15) is 6.61 Å². The fraction of sp³-hybridized carbons (Fsp3) is 0.333. The van der Waals surface area contributed by atoms with Crippen molar-refractivity contribution in [3.8, 4) is 11.5 Å². The number of aliphatic hydroxyl groups excluding tert-OH is 1. The lowest BCUT2D eigenvalue weighted by molar-refractivity contribution is 0.283. The summed E-state index contributed by atoms with van der Waals surface area (Å²) in [6.45, 7) is 1.96. The second kappa shape index (κ2) is 10.2. The Morgan fingerprint density at radius 2 is 1.92 bits per heavy atom. The monoisotopic (exact) mass is 447 g/mol. The summed E-state index contributed by atoms with van der Waals surface area (Å²) in [5.74, 6) is 1.29. The van der Waals surface area contributed by atoms with Gasteiger partial charge in [-0.1, -0.05) is 45.2 Å². The summed E-state index contributed by atoms with van der Waals surface area (Å²) in [5, 5.41) is 13.1. The van der Waals surface area contributed by atoms with E-state index in [2.05, 4.69) is 21.2 Å². The zero-order chi connectivity index (χ0) is 18.2. The van der Waals surface area contributed by atoms with Crippen LogP contribution in [0.2, 0.25) is 10.0 Å². The third-order valence-electron chi connectivity index (χ3n) is 3.54. The van der Waals surface area contributed by atoms with Crippen LogP contribution in [0.1, 0.15) is 17.5 Å². The lowest BCUT2D eigenvalue weighted by atomic mass is 10.2. The Morgan fingerprint density at radius 3 is 2.60 bits per heavy atom. The van der Waals surface area contributed by atoms with Crippen molar-refractivity contribution < 1.29 is 14.6 Å². The van der Waals surface area contributed by atoms with E-state index in [0.29, 0.717) is 34.7 Å². The molecule has 0 aliphatic heterocycles. The van der Waals surface area contributed by atoms with Gasteiger partial charge in [0.05, 0.1) is 17.2 Å². The summed E-state index contributed by atoms with van der Waals surface area (Å²) in [6, 6.07) is 9.22. The fourth-order valence-corrected chi connectivity index (χ4v) is 2.99. The number of halogens is 3. The molecule has 2 aromatic carbocycles. The van der Waals surface area contributed by atoms with Crippen molar-refractivity contribution in [3.63, 3.8) is 0 Å². The van der Waals surface area contributed by atoms with E-state index in [1.807, 2.05) is 18.2 Å². The van der Waals surface area contributed by atoms with Crippen LogP contribution in [0.5, 0.6) is 11.5 Å². The smallest absolute Gasteiger partial charge is 0.162 e. The van der Waals surface area contributed by atoms with Gasteiger partial charge in [0, 0.05) is 17.6 Å². The average molecular weight is 449 g/mol. The fourth-order valence-electron chi connectivity index (χ4n) is 2.20. The zero-order valence-electron chi connectivity index (χ0n) is 13.8. The number of nitrogens with one attached hydrogen (secondary N) is 1. The van der Waals surface area contributed by atoms with Crippen LogP contribution in [0.3, 0.4) is 0 Å². The molecule has 2 N–H and O–H groups in total. The number of rotatable bonds is 9. The Balaban J connectivity index is 2.06. The molecule has 136 valence electrons. The summed E-state index contributed by atoms with van der Waals surface area (Å²) in [4.78, 5) is 0. The summed E-state index contributed by atoms with van der Waals surface area (Å²) < 4.78 is 12.2. The highest BCUT2D eigenvalue weighted by atomic mass is 79.9. The van der Waals surface area contributed by atoms with E-state index in [4.69, 9.17) is 37.8 Å². The van der Waals surface area contributed by atoms with Crippen molar-refractivity contribution in [1.82, 2.24) is 5.32 Å². The molecule has 0 aliphatic carbocycles. The lowest BCUT2D eigenvalue weighted by Crippen LogP contribution is -2.16. The maximum atomic E-state index is 8.82. The van der Waals surface area contributed by atoms with E-state index >= 15 is 0 Å². The Hall–Kier alpha value is -0.980. The predicted octanol–water partition coefficient (Wildman–Crippen LogP) is 4.82. The SMILES string of the molecule is COc1cc(CNCCCO)c(Br)cc1OCc1ccc(Cl)c(Cl)c1. The molecule has 0 unspecified atom stereocenters. The molecular formula is C18H20BrCl2NO3.